The smallest absolute Gasteiger partial charge is 0.317 e. The van der Waals surface area contributed by atoms with Crippen LogP contribution in [0.5, 0.6) is 0 Å². The molecule has 1 heterocycles. The van der Waals surface area contributed by atoms with Crippen LogP contribution in [0.25, 0.3) is 0 Å². The normalized spacial score (nSPS) is 26.9. The summed E-state index contributed by atoms with van der Waals surface area (Å²) in [6.07, 6.45) is 3.70. The molecule has 0 aromatic heterocycles. The third kappa shape index (κ3) is 4.44. The number of carbonyl (C=O) groups excluding carboxylic acids is 1. The Bertz CT molecular complexity index is 575. The molecule has 0 aromatic carbocycles. The second kappa shape index (κ2) is 6.93. The summed E-state index contributed by atoms with van der Waals surface area (Å²) in [6, 6.07) is 1.12. The van der Waals surface area contributed by atoms with E-state index in [1.165, 1.54) is 0 Å². The molecule has 2 amide bonds. The van der Waals surface area contributed by atoms with Crippen molar-refractivity contribution in [2.24, 2.45) is 11.3 Å². The lowest BCUT2D eigenvalue weighted by Crippen LogP contribution is -2.53. The Balaban J connectivity index is 1.51. The first-order valence-corrected chi connectivity index (χ1v) is 9.41. The van der Waals surface area contributed by atoms with Crippen molar-refractivity contribution in [1.29, 1.82) is 5.26 Å². The van der Waals surface area contributed by atoms with Crippen molar-refractivity contribution in [3.63, 3.8) is 0 Å². The molecular formula is C18H28F2N4O2. The van der Waals surface area contributed by atoms with Crippen LogP contribution in [-0.4, -0.2) is 59.8 Å². The number of alkyl halides is 2. The summed E-state index contributed by atoms with van der Waals surface area (Å²) in [4.78, 5) is 14.2. The monoisotopic (exact) mass is 370 g/mol. The van der Waals surface area contributed by atoms with E-state index in [1.54, 1.807) is 4.90 Å². The summed E-state index contributed by atoms with van der Waals surface area (Å²) in [5.74, 6) is -2.54. The van der Waals surface area contributed by atoms with Gasteiger partial charge in [0, 0.05) is 38.7 Å². The summed E-state index contributed by atoms with van der Waals surface area (Å²) in [6.45, 7) is 2.38. The molecule has 26 heavy (non-hydrogen) atoms. The largest absolute Gasteiger partial charge is 0.396 e. The van der Waals surface area contributed by atoms with Crippen LogP contribution in [0.2, 0.25) is 0 Å². The van der Waals surface area contributed by atoms with Gasteiger partial charge in [0.1, 0.15) is 5.54 Å². The minimum Gasteiger partial charge on any atom is -0.396 e. The highest BCUT2D eigenvalue weighted by atomic mass is 19.3. The van der Waals surface area contributed by atoms with E-state index < -0.39 is 23.9 Å². The van der Waals surface area contributed by atoms with Gasteiger partial charge in [0.2, 0.25) is 5.92 Å². The number of likely N-dealkylation sites (tertiary alicyclic amines) is 1. The summed E-state index contributed by atoms with van der Waals surface area (Å²) in [5, 5.41) is 24.2. The summed E-state index contributed by atoms with van der Waals surface area (Å²) in [7, 11) is 0. The Kier molecular flexibility index (Phi) is 5.15. The van der Waals surface area contributed by atoms with E-state index >= 15 is 0 Å². The quantitative estimate of drug-likeness (QED) is 0.638. The van der Waals surface area contributed by atoms with E-state index in [0.29, 0.717) is 31.8 Å². The maximum absolute atomic E-state index is 13.5. The predicted octanol–water partition coefficient (Wildman–Crippen LogP) is 1.85. The minimum atomic E-state index is -2.89. The molecule has 2 saturated carbocycles. The van der Waals surface area contributed by atoms with Crippen molar-refractivity contribution < 1.29 is 18.7 Å². The molecule has 3 N–H and O–H groups in total. The average Bonchev–Trinajstić information content (AvgIpc) is 3.49. The van der Waals surface area contributed by atoms with Crippen LogP contribution in [0.3, 0.4) is 0 Å². The maximum atomic E-state index is 13.5. The second-order valence-corrected chi connectivity index (χ2v) is 8.43. The second-order valence-electron chi connectivity index (χ2n) is 8.43. The number of hydrogen-bond donors (Lipinski definition) is 3. The molecule has 6 nitrogen and oxygen atoms in total. The van der Waals surface area contributed by atoms with E-state index in [1.807, 2.05) is 0 Å². The van der Waals surface area contributed by atoms with Crippen molar-refractivity contribution in [3.8, 4) is 6.07 Å². The number of nitrogens with zero attached hydrogens (tertiary/aromatic N) is 2. The van der Waals surface area contributed by atoms with Crippen molar-refractivity contribution in [1.82, 2.24) is 15.5 Å². The van der Waals surface area contributed by atoms with Crippen molar-refractivity contribution in [2.75, 3.05) is 26.2 Å². The Hall–Kier alpha value is -1.46. The van der Waals surface area contributed by atoms with Gasteiger partial charge in [-0.2, -0.15) is 5.26 Å². The molecule has 0 aromatic rings. The number of amides is 2. The standard InChI is InChI=1S/C18H28F2N4O2/c1-16(19,20)9-14(10-22-18(12-21)2-3-18)23-15(26)24-6-4-17(5-7-24)8-13(17)11-25/h13-14,22,25H,2-11H2,1H3,(H,23,26)/t13?,14-/m0/s1. The topological polar surface area (TPSA) is 88.4 Å². The van der Waals surface area contributed by atoms with E-state index in [0.717, 1.165) is 26.2 Å². The zero-order valence-electron chi connectivity index (χ0n) is 15.2. The number of nitrogens with one attached hydrogen (secondary N) is 2. The summed E-state index contributed by atoms with van der Waals surface area (Å²) in [5.41, 5.74) is -0.414. The fourth-order valence-electron chi connectivity index (χ4n) is 4.10. The lowest BCUT2D eigenvalue weighted by atomic mass is 9.91. The van der Waals surface area contributed by atoms with Gasteiger partial charge in [-0.3, -0.25) is 5.32 Å². The molecular weight excluding hydrogens is 342 g/mol. The van der Waals surface area contributed by atoms with E-state index in [4.69, 9.17) is 5.26 Å². The number of aliphatic hydroxyl groups is 1. The molecule has 1 unspecified atom stereocenters. The van der Waals surface area contributed by atoms with Gasteiger partial charge in [-0.1, -0.05) is 0 Å². The number of urea groups is 1. The van der Waals surface area contributed by atoms with E-state index in [2.05, 4.69) is 16.7 Å². The van der Waals surface area contributed by atoms with E-state index in [9.17, 15) is 18.7 Å². The fraction of sp³-hybridized carbons (Fsp3) is 0.889. The maximum Gasteiger partial charge on any atom is 0.317 e. The number of piperidine rings is 1. The molecule has 3 rings (SSSR count). The van der Waals surface area contributed by atoms with Crippen LogP contribution in [0.15, 0.2) is 0 Å². The number of halogens is 2. The molecule has 1 aliphatic heterocycles. The van der Waals surface area contributed by atoms with E-state index in [-0.39, 0.29) is 24.6 Å². The number of nitriles is 1. The first-order valence-electron chi connectivity index (χ1n) is 9.41. The van der Waals surface area contributed by atoms with Crippen molar-refractivity contribution in [2.45, 2.75) is 63.0 Å². The lowest BCUT2D eigenvalue weighted by Gasteiger charge is -2.34. The zero-order valence-corrected chi connectivity index (χ0v) is 15.2. The zero-order chi connectivity index (χ0) is 19.0. The van der Waals surface area contributed by atoms with Crippen LogP contribution in [-0.2, 0) is 0 Å². The van der Waals surface area contributed by atoms with Crippen LogP contribution >= 0.6 is 0 Å². The molecule has 2 aliphatic carbocycles. The number of carbonyl (C=O) groups is 1. The van der Waals surface area contributed by atoms with Crippen LogP contribution in [0.4, 0.5) is 13.6 Å². The highest BCUT2D eigenvalue weighted by molar-refractivity contribution is 5.74. The highest BCUT2D eigenvalue weighted by Crippen LogP contribution is 2.58. The molecule has 0 bridgehead atoms. The van der Waals surface area contributed by atoms with Gasteiger partial charge in [0.05, 0.1) is 6.07 Å². The van der Waals surface area contributed by atoms with Gasteiger partial charge in [0.25, 0.3) is 0 Å². The molecule has 8 heteroatoms. The number of hydrogen-bond acceptors (Lipinski definition) is 4. The van der Waals surface area contributed by atoms with Crippen LogP contribution in [0.1, 0.15) is 45.4 Å². The van der Waals surface area contributed by atoms with Gasteiger partial charge >= 0.3 is 6.03 Å². The highest BCUT2D eigenvalue weighted by Gasteiger charge is 2.54. The van der Waals surface area contributed by atoms with Crippen molar-refractivity contribution >= 4 is 6.03 Å². The lowest BCUT2D eigenvalue weighted by molar-refractivity contribution is 0.00319. The molecule has 0 radical (unpaired) electrons. The van der Waals surface area contributed by atoms with Crippen LogP contribution in [0, 0.1) is 22.7 Å². The number of aliphatic hydroxyl groups excluding tert-OH is 1. The fourth-order valence-corrected chi connectivity index (χ4v) is 4.10. The SMILES string of the molecule is CC(F)(F)C[C@@H](CNC1(C#N)CC1)NC(=O)N1CCC2(CC1)CC2CO. The van der Waals surface area contributed by atoms with Gasteiger partial charge in [0.15, 0.2) is 0 Å². The molecule has 3 aliphatic rings. The minimum absolute atomic E-state index is 0.160. The average molecular weight is 370 g/mol. The molecule has 1 spiro atoms. The molecule has 2 atom stereocenters. The van der Waals surface area contributed by atoms with Gasteiger partial charge in [-0.05, 0) is 50.4 Å². The van der Waals surface area contributed by atoms with Crippen LogP contribution < -0.4 is 10.6 Å². The van der Waals surface area contributed by atoms with Gasteiger partial charge in [-0.15, -0.1) is 0 Å². The number of rotatable bonds is 7. The third-order valence-electron chi connectivity index (χ3n) is 6.21. The summed E-state index contributed by atoms with van der Waals surface area (Å²) < 4.78 is 27.0. The first-order chi connectivity index (χ1) is 12.2. The first kappa shape index (κ1) is 19.3. The summed E-state index contributed by atoms with van der Waals surface area (Å²) >= 11 is 0. The molecule has 1 saturated heterocycles. The predicted molar refractivity (Wildman–Crippen MR) is 91.6 cm³/mol. The van der Waals surface area contributed by atoms with Crippen molar-refractivity contribution in [3.05, 3.63) is 0 Å². The Morgan fingerprint density at radius 3 is 2.50 bits per heavy atom. The molecule has 3 fully saturated rings. The molecule has 146 valence electrons. The van der Waals surface area contributed by atoms with Gasteiger partial charge < -0.3 is 15.3 Å². The Morgan fingerprint density at radius 1 is 1.38 bits per heavy atom. The van der Waals surface area contributed by atoms with Gasteiger partial charge in [-0.25, -0.2) is 13.6 Å². The third-order valence-corrected chi connectivity index (χ3v) is 6.21. The Morgan fingerprint density at radius 2 is 2.04 bits per heavy atom. The Labute approximate surface area is 152 Å².